The van der Waals surface area contributed by atoms with Gasteiger partial charge in [-0.1, -0.05) is 76.3 Å². The van der Waals surface area contributed by atoms with Gasteiger partial charge in [-0.2, -0.15) is 0 Å². The van der Waals surface area contributed by atoms with Crippen LogP contribution in [0.2, 0.25) is 0 Å². The van der Waals surface area contributed by atoms with Crippen molar-refractivity contribution >= 4 is 35.6 Å². The number of ether oxygens (including phenoxy) is 2. The number of thioether (sulfide) groups is 1. The molecule has 3 amide bonds. The van der Waals surface area contributed by atoms with Crippen molar-refractivity contribution < 1.29 is 33.8 Å². The molecular formula is C38H59N5O7S. The fourth-order valence-electron chi connectivity index (χ4n) is 6.21. The molecule has 284 valence electrons. The first-order valence-corrected chi connectivity index (χ1v) is 19.4. The molecule has 1 aromatic carbocycles. The zero-order chi connectivity index (χ0) is 37.4. The van der Waals surface area contributed by atoms with Crippen LogP contribution < -0.4 is 16.0 Å². The molecule has 1 heterocycles. The number of alkyl carbamates (subject to hydrolysis) is 1. The van der Waals surface area contributed by atoms with Gasteiger partial charge >= 0.3 is 12.1 Å². The monoisotopic (exact) mass is 729 g/mol. The van der Waals surface area contributed by atoms with Crippen molar-refractivity contribution in [2.75, 3.05) is 12.4 Å². The van der Waals surface area contributed by atoms with Crippen molar-refractivity contribution in [1.29, 1.82) is 0 Å². The molecule has 12 nitrogen and oxygen atoms in total. The number of hydrogen-bond donors (Lipinski definition) is 5. The van der Waals surface area contributed by atoms with Crippen molar-refractivity contribution in [3.8, 4) is 0 Å². The van der Waals surface area contributed by atoms with Crippen molar-refractivity contribution in [3.05, 3.63) is 54.1 Å². The Labute approximate surface area is 307 Å². The third kappa shape index (κ3) is 15.7. The SMILES string of the molecule is CCOC(=O)[C@H](CC(C)C)SC[C@H](O)[C@H](CC1CCCCC1)NC(=O)[C@H](Cc1cnc[nH]1)NC(=O)[C@H](Cc1ccccc1)NC(=O)OC(C)(C)C. The quantitative estimate of drug-likeness (QED) is 0.123. The average Bonchev–Trinajstić information content (AvgIpc) is 3.59. The molecule has 0 bridgehead atoms. The molecular weight excluding hydrogens is 671 g/mol. The van der Waals surface area contributed by atoms with Crippen LogP contribution >= 0.6 is 11.8 Å². The highest BCUT2D eigenvalue weighted by Crippen LogP contribution is 2.29. The second-order valence-corrected chi connectivity index (χ2v) is 16.1. The molecule has 5 N–H and O–H groups in total. The third-order valence-electron chi connectivity index (χ3n) is 8.71. The standard InChI is InChI=1S/C38H59N5O7S/c1-7-49-36(47)33(18-25(2)3)51-23-32(44)29(19-26-14-10-8-11-15-26)41-35(46)31(21-28-22-39-24-40-28)42-34(45)30(20-27-16-12-9-13-17-27)43-37(48)50-38(4,5)6/h9,12-13,16-17,22,24-26,29-33,44H,7-8,10-11,14-15,18-21,23H2,1-6H3,(H,39,40)(H,41,46)(H,42,45)(H,43,48)/t29-,30-,31-,32-,33-/m0/s1. The molecule has 1 fully saturated rings. The lowest BCUT2D eigenvalue weighted by Crippen LogP contribution is -2.58. The smallest absolute Gasteiger partial charge is 0.408 e. The van der Waals surface area contributed by atoms with Gasteiger partial charge in [0.05, 0.1) is 25.1 Å². The van der Waals surface area contributed by atoms with Gasteiger partial charge in [0.2, 0.25) is 11.8 Å². The van der Waals surface area contributed by atoms with E-state index >= 15 is 0 Å². The summed E-state index contributed by atoms with van der Waals surface area (Å²) in [5.74, 6) is -0.524. The molecule has 1 aliphatic rings. The number of amides is 3. The van der Waals surface area contributed by atoms with Crippen LogP contribution in [0.1, 0.15) is 97.7 Å². The van der Waals surface area contributed by atoms with E-state index in [1.54, 1.807) is 33.9 Å². The van der Waals surface area contributed by atoms with E-state index in [1.807, 2.05) is 44.2 Å². The van der Waals surface area contributed by atoms with Gasteiger partial charge in [0.25, 0.3) is 0 Å². The number of rotatable bonds is 19. The zero-order valence-electron chi connectivity index (χ0n) is 31.1. The topological polar surface area (TPSA) is 172 Å². The van der Waals surface area contributed by atoms with E-state index in [4.69, 9.17) is 9.47 Å². The normalized spacial score (nSPS) is 16.7. The van der Waals surface area contributed by atoms with Gasteiger partial charge in [-0.15, -0.1) is 11.8 Å². The molecule has 0 aliphatic heterocycles. The zero-order valence-corrected chi connectivity index (χ0v) is 31.9. The number of imidazole rings is 1. The Kier molecular flexibility index (Phi) is 17.3. The maximum Gasteiger partial charge on any atom is 0.408 e. The highest BCUT2D eigenvalue weighted by molar-refractivity contribution is 8.00. The number of esters is 1. The fraction of sp³-hybridized carbons (Fsp3) is 0.658. The highest BCUT2D eigenvalue weighted by atomic mass is 32.2. The number of aliphatic hydroxyl groups excluding tert-OH is 1. The Hall–Kier alpha value is -3.58. The minimum atomic E-state index is -1.06. The van der Waals surface area contributed by atoms with Crippen LogP contribution in [0.4, 0.5) is 4.79 Å². The number of aromatic amines is 1. The first-order chi connectivity index (χ1) is 24.2. The summed E-state index contributed by atoms with van der Waals surface area (Å²) in [4.78, 5) is 60.7. The fourth-order valence-corrected chi connectivity index (χ4v) is 7.60. The summed E-state index contributed by atoms with van der Waals surface area (Å²) in [6.45, 7) is 11.3. The molecule has 5 atom stereocenters. The lowest BCUT2D eigenvalue weighted by molar-refractivity contribution is -0.142. The second kappa shape index (κ2) is 21.1. The number of aromatic nitrogens is 2. The van der Waals surface area contributed by atoms with E-state index in [-0.39, 0.29) is 37.1 Å². The van der Waals surface area contributed by atoms with Crippen LogP contribution in [0.3, 0.4) is 0 Å². The Bertz CT molecular complexity index is 1350. The summed E-state index contributed by atoms with van der Waals surface area (Å²) in [7, 11) is 0. The Morgan fingerprint density at radius 3 is 2.25 bits per heavy atom. The van der Waals surface area contributed by atoms with E-state index in [1.165, 1.54) is 24.5 Å². The maximum atomic E-state index is 14.2. The number of hydrogen-bond acceptors (Lipinski definition) is 9. The number of carbonyl (C=O) groups is 4. The van der Waals surface area contributed by atoms with Gasteiger partial charge in [-0.3, -0.25) is 14.4 Å². The van der Waals surface area contributed by atoms with E-state index in [2.05, 4.69) is 25.9 Å². The molecule has 3 rings (SSSR count). The molecule has 0 unspecified atom stereocenters. The van der Waals surface area contributed by atoms with Gasteiger partial charge in [-0.05, 0) is 57.9 Å². The minimum Gasteiger partial charge on any atom is -0.465 e. The van der Waals surface area contributed by atoms with Crippen molar-refractivity contribution in [1.82, 2.24) is 25.9 Å². The number of aliphatic hydroxyl groups is 1. The van der Waals surface area contributed by atoms with E-state index in [9.17, 15) is 24.3 Å². The molecule has 0 spiro atoms. The Balaban J connectivity index is 1.83. The molecule has 13 heteroatoms. The van der Waals surface area contributed by atoms with E-state index in [0.717, 1.165) is 31.2 Å². The first kappa shape index (κ1) is 41.8. The summed E-state index contributed by atoms with van der Waals surface area (Å²) in [6, 6.07) is 6.56. The van der Waals surface area contributed by atoms with Gasteiger partial charge in [0.1, 0.15) is 22.9 Å². The highest BCUT2D eigenvalue weighted by Gasteiger charge is 2.33. The predicted octanol–water partition coefficient (Wildman–Crippen LogP) is 5.10. The van der Waals surface area contributed by atoms with Crippen LogP contribution in [0.15, 0.2) is 42.9 Å². The lowest BCUT2D eigenvalue weighted by atomic mass is 9.83. The summed E-state index contributed by atoms with van der Waals surface area (Å²) in [5.41, 5.74) is 0.662. The molecule has 1 saturated carbocycles. The van der Waals surface area contributed by atoms with E-state index < -0.39 is 53.0 Å². The Morgan fingerprint density at radius 2 is 1.65 bits per heavy atom. The van der Waals surface area contributed by atoms with Crippen LogP contribution in [-0.4, -0.2) is 86.4 Å². The van der Waals surface area contributed by atoms with Crippen molar-refractivity contribution in [2.24, 2.45) is 11.8 Å². The number of H-pyrrole nitrogens is 1. The largest absolute Gasteiger partial charge is 0.465 e. The number of carbonyl (C=O) groups excluding carboxylic acids is 4. The van der Waals surface area contributed by atoms with Crippen molar-refractivity contribution in [3.63, 3.8) is 0 Å². The maximum absolute atomic E-state index is 14.2. The number of benzene rings is 1. The minimum absolute atomic E-state index is 0.0996. The summed E-state index contributed by atoms with van der Waals surface area (Å²) >= 11 is 1.35. The van der Waals surface area contributed by atoms with Crippen LogP contribution in [-0.2, 0) is 36.7 Å². The van der Waals surface area contributed by atoms with Crippen LogP contribution in [0.5, 0.6) is 0 Å². The van der Waals surface area contributed by atoms with Crippen molar-refractivity contribution in [2.45, 2.75) is 134 Å². The van der Waals surface area contributed by atoms with E-state index in [0.29, 0.717) is 24.5 Å². The third-order valence-corrected chi connectivity index (χ3v) is 10.0. The summed E-state index contributed by atoms with van der Waals surface area (Å²) in [5, 5.41) is 19.8. The van der Waals surface area contributed by atoms with Gasteiger partial charge in [0.15, 0.2) is 0 Å². The van der Waals surface area contributed by atoms with Crippen LogP contribution in [0, 0.1) is 11.8 Å². The number of nitrogens with one attached hydrogen (secondary N) is 4. The lowest BCUT2D eigenvalue weighted by Gasteiger charge is -2.32. The first-order valence-electron chi connectivity index (χ1n) is 18.3. The number of nitrogens with zero attached hydrogens (tertiary/aromatic N) is 1. The van der Waals surface area contributed by atoms with Crippen LogP contribution in [0.25, 0.3) is 0 Å². The van der Waals surface area contributed by atoms with Gasteiger partial charge < -0.3 is 35.5 Å². The summed E-state index contributed by atoms with van der Waals surface area (Å²) < 4.78 is 10.8. The molecule has 51 heavy (non-hydrogen) atoms. The molecule has 1 aromatic heterocycles. The van der Waals surface area contributed by atoms with Gasteiger partial charge in [-0.25, -0.2) is 9.78 Å². The second-order valence-electron chi connectivity index (χ2n) is 14.9. The molecule has 0 saturated heterocycles. The average molecular weight is 730 g/mol. The van der Waals surface area contributed by atoms with Gasteiger partial charge in [0, 0.05) is 30.5 Å². The molecule has 1 aliphatic carbocycles. The summed E-state index contributed by atoms with van der Waals surface area (Å²) in [6.07, 6.45) is 8.22. The predicted molar refractivity (Wildman–Crippen MR) is 199 cm³/mol. The Morgan fingerprint density at radius 1 is 0.980 bits per heavy atom. The molecule has 0 radical (unpaired) electrons. The molecule has 2 aromatic rings.